The number of hydrogen-bond donors (Lipinski definition) is 1. The Balaban J connectivity index is 1.71. The van der Waals surface area contributed by atoms with Crippen molar-refractivity contribution in [1.82, 2.24) is 4.90 Å². The highest BCUT2D eigenvalue weighted by Crippen LogP contribution is 2.40. The van der Waals surface area contributed by atoms with E-state index in [0.717, 1.165) is 25.7 Å². The molecule has 1 saturated carbocycles. The summed E-state index contributed by atoms with van der Waals surface area (Å²) in [5, 5.41) is 2.94. The van der Waals surface area contributed by atoms with E-state index in [1.54, 1.807) is 0 Å². The molecule has 1 aromatic carbocycles. The molecule has 0 aromatic heterocycles. The SMILES string of the molecule is CCOc1ccccc1NC(=O)CN1[C@@H](C(=O)OC)C[C@H]2CCCC[C@H]21. The number of rotatable bonds is 6. The largest absolute Gasteiger partial charge is 0.492 e. The maximum Gasteiger partial charge on any atom is 0.323 e. The molecule has 1 aliphatic heterocycles. The Labute approximate surface area is 154 Å². The molecule has 0 bridgehead atoms. The number of anilines is 1. The molecule has 142 valence electrons. The van der Waals surface area contributed by atoms with E-state index in [2.05, 4.69) is 5.32 Å². The van der Waals surface area contributed by atoms with Crippen molar-refractivity contribution in [3.63, 3.8) is 0 Å². The van der Waals surface area contributed by atoms with Gasteiger partial charge in [0, 0.05) is 6.04 Å². The van der Waals surface area contributed by atoms with Crippen molar-refractivity contribution in [1.29, 1.82) is 0 Å². The predicted octanol–water partition coefficient (Wildman–Crippen LogP) is 2.83. The van der Waals surface area contributed by atoms with Gasteiger partial charge >= 0.3 is 5.97 Å². The second-order valence-electron chi connectivity index (χ2n) is 7.04. The minimum absolute atomic E-state index is 0.128. The minimum atomic E-state index is -0.319. The molecule has 1 aliphatic carbocycles. The van der Waals surface area contributed by atoms with Gasteiger partial charge in [-0.15, -0.1) is 0 Å². The lowest BCUT2D eigenvalue weighted by atomic mass is 9.85. The van der Waals surface area contributed by atoms with E-state index >= 15 is 0 Å². The van der Waals surface area contributed by atoms with Crippen molar-refractivity contribution in [3.8, 4) is 5.75 Å². The van der Waals surface area contributed by atoms with E-state index in [0.29, 0.717) is 30.0 Å². The summed E-state index contributed by atoms with van der Waals surface area (Å²) in [5.41, 5.74) is 0.661. The molecule has 1 amide bonds. The van der Waals surface area contributed by atoms with Gasteiger partial charge in [0.2, 0.25) is 5.91 Å². The van der Waals surface area contributed by atoms with Crippen LogP contribution in [0.25, 0.3) is 0 Å². The van der Waals surface area contributed by atoms with Crippen molar-refractivity contribution in [2.24, 2.45) is 5.92 Å². The van der Waals surface area contributed by atoms with Crippen LogP contribution < -0.4 is 10.1 Å². The van der Waals surface area contributed by atoms with Gasteiger partial charge < -0.3 is 14.8 Å². The van der Waals surface area contributed by atoms with E-state index in [4.69, 9.17) is 9.47 Å². The molecule has 0 unspecified atom stereocenters. The second kappa shape index (κ2) is 8.54. The minimum Gasteiger partial charge on any atom is -0.492 e. The average Bonchev–Trinajstić information content (AvgIpc) is 3.01. The number of carbonyl (C=O) groups excluding carboxylic acids is 2. The number of methoxy groups -OCH3 is 1. The second-order valence-corrected chi connectivity index (χ2v) is 7.04. The molecule has 3 rings (SSSR count). The first-order valence-electron chi connectivity index (χ1n) is 9.49. The number of benzene rings is 1. The lowest BCUT2D eigenvalue weighted by molar-refractivity contribution is -0.146. The highest BCUT2D eigenvalue weighted by atomic mass is 16.5. The molecule has 1 aromatic rings. The molecule has 2 aliphatic rings. The molecule has 1 saturated heterocycles. The van der Waals surface area contributed by atoms with Crippen LogP contribution in [-0.2, 0) is 14.3 Å². The number of nitrogens with zero attached hydrogens (tertiary/aromatic N) is 1. The fourth-order valence-electron chi connectivity index (χ4n) is 4.35. The molecule has 1 N–H and O–H groups in total. The quantitative estimate of drug-likeness (QED) is 0.790. The van der Waals surface area contributed by atoms with Crippen molar-refractivity contribution in [3.05, 3.63) is 24.3 Å². The first-order valence-corrected chi connectivity index (χ1v) is 9.49. The average molecular weight is 360 g/mol. The topological polar surface area (TPSA) is 67.9 Å². The van der Waals surface area contributed by atoms with Gasteiger partial charge in [-0.05, 0) is 44.2 Å². The lowest BCUT2D eigenvalue weighted by Gasteiger charge is -2.32. The van der Waals surface area contributed by atoms with Gasteiger partial charge in [-0.2, -0.15) is 0 Å². The highest BCUT2D eigenvalue weighted by Gasteiger charge is 2.46. The van der Waals surface area contributed by atoms with Gasteiger partial charge in [-0.1, -0.05) is 25.0 Å². The Morgan fingerprint density at radius 2 is 2.00 bits per heavy atom. The lowest BCUT2D eigenvalue weighted by Crippen LogP contribution is -2.46. The summed E-state index contributed by atoms with van der Waals surface area (Å²) in [4.78, 5) is 27.0. The van der Waals surface area contributed by atoms with Crippen molar-refractivity contribution in [2.75, 3.05) is 25.6 Å². The fraction of sp³-hybridized carbons (Fsp3) is 0.600. The summed E-state index contributed by atoms with van der Waals surface area (Å²) < 4.78 is 10.6. The van der Waals surface area contributed by atoms with Crippen LogP contribution in [0.4, 0.5) is 5.69 Å². The molecule has 2 fully saturated rings. The molecule has 26 heavy (non-hydrogen) atoms. The number of carbonyl (C=O) groups is 2. The summed E-state index contributed by atoms with van der Waals surface area (Å²) in [7, 11) is 1.42. The molecule has 6 nitrogen and oxygen atoms in total. The number of fused-ring (bicyclic) bond motifs is 1. The van der Waals surface area contributed by atoms with Gasteiger partial charge in [-0.3, -0.25) is 14.5 Å². The van der Waals surface area contributed by atoms with Crippen molar-refractivity contribution >= 4 is 17.6 Å². The number of hydrogen-bond acceptors (Lipinski definition) is 5. The van der Waals surface area contributed by atoms with Crippen molar-refractivity contribution < 1.29 is 19.1 Å². The van der Waals surface area contributed by atoms with Crippen LogP contribution in [0.2, 0.25) is 0 Å². The van der Waals surface area contributed by atoms with Crippen LogP contribution in [0.5, 0.6) is 5.75 Å². The Kier molecular flexibility index (Phi) is 6.14. The summed E-state index contributed by atoms with van der Waals surface area (Å²) in [6.07, 6.45) is 5.32. The molecular weight excluding hydrogens is 332 g/mol. The summed E-state index contributed by atoms with van der Waals surface area (Å²) in [6.45, 7) is 2.64. The van der Waals surface area contributed by atoms with Gasteiger partial charge in [0.15, 0.2) is 0 Å². The number of ether oxygens (including phenoxy) is 2. The standard InChI is InChI=1S/C20H28N2O4/c1-3-26-18-11-7-5-9-15(18)21-19(23)13-22-16-10-6-4-8-14(16)12-17(22)20(24)25-2/h5,7,9,11,14,16-17H,3-4,6,8,10,12-13H2,1-2H3,(H,21,23)/t14-,16-,17-/m1/s1. The Morgan fingerprint density at radius 1 is 1.23 bits per heavy atom. The van der Waals surface area contributed by atoms with Crippen LogP contribution >= 0.6 is 0 Å². The maximum atomic E-state index is 12.7. The number of amides is 1. The predicted molar refractivity (Wildman–Crippen MR) is 99.1 cm³/mol. The van der Waals surface area contributed by atoms with Crippen molar-refractivity contribution in [2.45, 2.75) is 51.1 Å². The Hall–Kier alpha value is -2.08. The Morgan fingerprint density at radius 3 is 2.77 bits per heavy atom. The van der Waals surface area contributed by atoms with Crippen LogP contribution in [0.15, 0.2) is 24.3 Å². The monoisotopic (exact) mass is 360 g/mol. The maximum absolute atomic E-state index is 12.7. The van der Waals surface area contributed by atoms with Crippen LogP contribution in [0, 0.1) is 5.92 Å². The van der Waals surface area contributed by atoms with Gasteiger partial charge in [0.05, 0.1) is 25.9 Å². The number of para-hydroxylation sites is 2. The summed E-state index contributed by atoms with van der Waals surface area (Å²) in [6, 6.07) is 7.38. The summed E-state index contributed by atoms with van der Waals surface area (Å²) >= 11 is 0. The third-order valence-corrected chi connectivity index (χ3v) is 5.48. The zero-order valence-electron chi connectivity index (χ0n) is 15.6. The molecule has 3 atom stereocenters. The number of nitrogens with one attached hydrogen (secondary N) is 1. The van der Waals surface area contributed by atoms with Gasteiger partial charge in [0.25, 0.3) is 0 Å². The third kappa shape index (κ3) is 4.01. The van der Waals surface area contributed by atoms with Crippen LogP contribution in [0.1, 0.15) is 39.0 Å². The zero-order valence-corrected chi connectivity index (χ0v) is 15.6. The van der Waals surface area contributed by atoms with E-state index in [1.165, 1.54) is 13.5 Å². The first-order chi connectivity index (χ1) is 12.6. The molecule has 0 spiro atoms. The van der Waals surface area contributed by atoms with E-state index in [1.807, 2.05) is 36.1 Å². The molecule has 1 heterocycles. The van der Waals surface area contributed by atoms with Gasteiger partial charge in [0.1, 0.15) is 11.8 Å². The van der Waals surface area contributed by atoms with Crippen LogP contribution in [0.3, 0.4) is 0 Å². The molecular formula is C20H28N2O4. The Bertz CT molecular complexity index is 648. The highest BCUT2D eigenvalue weighted by molar-refractivity contribution is 5.94. The zero-order chi connectivity index (χ0) is 18.5. The smallest absolute Gasteiger partial charge is 0.323 e. The number of esters is 1. The third-order valence-electron chi connectivity index (χ3n) is 5.48. The van der Waals surface area contributed by atoms with E-state index in [-0.39, 0.29) is 24.5 Å². The van der Waals surface area contributed by atoms with E-state index in [9.17, 15) is 9.59 Å². The summed E-state index contributed by atoms with van der Waals surface area (Å²) in [5.74, 6) is 0.778. The molecule has 6 heteroatoms. The fourth-order valence-corrected chi connectivity index (χ4v) is 4.35. The molecule has 0 radical (unpaired) electrons. The number of likely N-dealkylation sites (tertiary alicyclic amines) is 1. The van der Waals surface area contributed by atoms with Gasteiger partial charge in [-0.25, -0.2) is 0 Å². The first kappa shape index (κ1) is 18.7. The van der Waals surface area contributed by atoms with Crippen LogP contribution in [-0.4, -0.2) is 49.1 Å². The van der Waals surface area contributed by atoms with E-state index < -0.39 is 0 Å². The normalized spacial score (nSPS) is 25.4.